The first-order chi connectivity index (χ1) is 15.8. The number of aliphatic hydroxyl groups is 1. The molecule has 0 aliphatic carbocycles. The van der Waals surface area contributed by atoms with Gasteiger partial charge < -0.3 is 25.4 Å². The normalized spacial score (nSPS) is 32.2. The van der Waals surface area contributed by atoms with Crippen molar-refractivity contribution >= 4 is 39.3 Å². The number of aliphatic hydroxyl groups excluding tert-OH is 1. The number of fused-ring (bicyclic) bond motifs is 1. The summed E-state index contributed by atoms with van der Waals surface area (Å²) in [5, 5.41) is 14.9. The minimum absolute atomic E-state index is 0.0891. The molecule has 3 N–H and O–H groups in total. The smallest absolute Gasteiger partial charge is 0.250 e. The predicted molar refractivity (Wildman–Crippen MR) is 127 cm³/mol. The fourth-order valence-electron chi connectivity index (χ4n) is 5.91. The average molecular weight is 522 g/mol. The molecule has 1 spiro atoms. The number of hydrogen-bond acceptors (Lipinski definition) is 5. The van der Waals surface area contributed by atoms with Gasteiger partial charge in [0.1, 0.15) is 11.6 Å². The number of hydrogen-bond donors (Lipinski definition) is 3. The number of carbonyl (C=O) groups is 3. The van der Waals surface area contributed by atoms with E-state index in [1.807, 2.05) is 32.0 Å². The highest BCUT2D eigenvalue weighted by molar-refractivity contribution is 9.09. The third-order valence-electron chi connectivity index (χ3n) is 7.37. The highest BCUT2D eigenvalue weighted by Crippen LogP contribution is 2.60. The maximum Gasteiger partial charge on any atom is 0.250 e. The number of ether oxygens (including phenoxy) is 1. The fraction of sp³-hybridized carbons (Fsp3) is 0.625. The lowest BCUT2D eigenvalue weighted by molar-refractivity contribution is -0.140. The Bertz CT molecular complexity index is 936. The van der Waals surface area contributed by atoms with Gasteiger partial charge in [0.25, 0.3) is 0 Å². The number of aryl methyl sites for hydroxylation is 2. The van der Waals surface area contributed by atoms with E-state index in [-0.39, 0.29) is 29.2 Å². The number of halogens is 1. The van der Waals surface area contributed by atoms with Gasteiger partial charge in [-0.25, -0.2) is 0 Å². The second kappa shape index (κ2) is 9.35. The van der Waals surface area contributed by atoms with Crippen molar-refractivity contribution in [2.75, 3.05) is 25.5 Å². The van der Waals surface area contributed by atoms with Crippen LogP contribution in [0, 0.1) is 25.7 Å². The van der Waals surface area contributed by atoms with Gasteiger partial charge in [-0.1, -0.05) is 34.1 Å². The number of nitrogens with one attached hydrogen (secondary N) is 2. The number of benzene rings is 1. The highest BCUT2D eigenvalue weighted by atomic mass is 79.9. The zero-order valence-electron chi connectivity index (χ0n) is 19.3. The molecule has 3 aliphatic rings. The number of alkyl halides is 1. The Morgan fingerprint density at radius 1 is 1.21 bits per heavy atom. The molecule has 180 valence electrons. The van der Waals surface area contributed by atoms with Crippen LogP contribution in [0.25, 0.3) is 0 Å². The van der Waals surface area contributed by atoms with Crippen LogP contribution in [0.5, 0.6) is 0 Å². The van der Waals surface area contributed by atoms with Gasteiger partial charge >= 0.3 is 0 Å². The molecular formula is C24H32BrN3O5. The van der Waals surface area contributed by atoms with E-state index in [1.165, 1.54) is 0 Å². The quantitative estimate of drug-likeness (QED) is 0.357. The molecule has 1 aromatic carbocycles. The number of likely N-dealkylation sites (tertiary alicyclic amines) is 1. The van der Waals surface area contributed by atoms with Crippen LogP contribution in [0.3, 0.4) is 0 Å². The van der Waals surface area contributed by atoms with Crippen molar-refractivity contribution in [2.45, 2.75) is 62.1 Å². The molecule has 6 atom stereocenters. The van der Waals surface area contributed by atoms with Crippen molar-refractivity contribution in [3.8, 4) is 0 Å². The summed E-state index contributed by atoms with van der Waals surface area (Å²) in [6, 6.07) is 4.98. The lowest BCUT2D eigenvalue weighted by Gasteiger charge is -2.34. The van der Waals surface area contributed by atoms with Crippen LogP contribution in [-0.2, 0) is 19.1 Å². The van der Waals surface area contributed by atoms with Gasteiger partial charge in [-0.15, -0.1) is 0 Å². The van der Waals surface area contributed by atoms with Gasteiger partial charge in [0.2, 0.25) is 17.7 Å². The summed E-state index contributed by atoms with van der Waals surface area (Å²) in [6.07, 6.45) is 2.07. The minimum Gasteiger partial charge on any atom is -0.396 e. The van der Waals surface area contributed by atoms with Gasteiger partial charge in [-0.3, -0.25) is 14.4 Å². The molecule has 3 fully saturated rings. The monoisotopic (exact) mass is 521 g/mol. The molecular weight excluding hydrogens is 490 g/mol. The predicted octanol–water partition coefficient (Wildman–Crippen LogP) is 1.90. The van der Waals surface area contributed by atoms with Gasteiger partial charge in [0.05, 0.1) is 17.9 Å². The third-order valence-corrected chi connectivity index (χ3v) is 8.22. The molecule has 3 amide bonds. The SMILES string of the molecule is CNC(=O)[C@H]1[C@H]2C(=O)N(CCCCCO)C(C(=O)Nc3c(C)cccc3C)C23CC(Br)[C@@H]1O3. The van der Waals surface area contributed by atoms with Gasteiger partial charge in [-0.05, 0) is 50.7 Å². The van der Waals surface area contributed by atoms with Crippen LogP contribution in [0.2, 0.25) is 0 Å². The van der Waals surface area contributed by atoms with E-state index >= 15 is 0 Å². The number of anilines is 1. The average Bonchev–Trinajstić information content (AvgIpc) is 3.37. The van der Waals surface area contributed by atoms with Gasteiger partial charge in [0.15, 0.2) is 0 Å². The number of nitrogens with zero attached hydrogens (tertiary/aromatic N) is 1. The molecule has 8 nitrogen and oxygen atoms in total. The van der Waals surface area contributed by atoms with E-state index < -0.39 is 29.6 Å². The summed E-state index contributed by atoms with van der Waals surface area (Å²) >= 11 is 3.65. The molecule has 0 saturated carbocycles. The number of carbonyl (C=O) groups excluding carboxylic acids is 3. The zero-order valence-corrected chi connectivity index (χ0v) is 20.9. The van der Waals surface area contributed by atoms with Crippen molar-refractivity contribution in [2.24, 2.45) is 11.8 Å². The number of amides is 3. The first kappa shape index (κ1) is 24.2. The van der Waals surface area contributed by atoms with Crippen LogP contribution < -0.4 is 10.6 Å². The number of rotatable bonds is 8. The first-order valence-electron chi connectivity index (χ1n) is 11.6. The van der Waals surface area contributed by atoms with E-state index in [9.17, 15) is 14.4 Å². The molecule has 0 radical (unpaired) electrons. The van der Waals surface area contributed by atoms with Gasteiger partial charge in [-0.2, -0.15) is 0 Å². The molecule has 1 aromatic rings. The van der Waals surface area contributed by atoms with E-state index in [0.29, 0.717) is 25.8 Å². The van der Waals surface area contributed by atoms with Crippen LogP contribution in [0.1, 0.15) is 36.8 Å². The summed E-state index contributed by atoms with van der Waals surface area (Å²) in [5.74, 6) is -2.05. The van der Waals surface area contributed by atoms with E-state index in [1.54, 1.807) is 11.9 Å². The van der Waals surface area contributed by atoms with Crippen molar-refractivity contribution in [3.05, 3.63) is 29.3 Å². The lowest BCUT2D eigenvalue weighted by atomic mass is 9.70. The topological polar surface area (TPSA) is 108 Å². The molecule has 0 aromatic heterocycles. The minimum atomic E-state index is -1.05. The molecule has 4 rings (SSSR count). The molecule has 2 bridgehead atoms. The molecule has 3 saturated heterocycles. The second-order valence-electron chi connectivity index (χ2n) is 9.35. The summed E-state index contributed by atoms with van der Waals surface area (Å²) < 4.78 is 6.42. The summed E-state index contributed by atoms with van der Waals surface area (Å²) in [7, 11) is 1.56. The van der Waals surface area contributed by atoms with Crippen LogP contribution in [0.4, 0.5) is 5.69 Å². The molecule has 33 heavy (non-hydrogen) atoms. The summed E-state index contributed by atoms with van der Waals surface area (Å²) in [5.41, 5.74) is 1.56. The van der Waals surface area contributed by atoms with Crippen LogP contribution in [-0.4, -0.2) is 70.5 Å². The third kappa shape index (κ3) is 3.88. The Hall–Kier alpha value is -1.97. The molecule has 9 heteroatoms. The van der Waals surface area contributed by atoms with Crippen molar-refractivity contribution in [3.63, 3.8) is 0 Å². The lowest BCUT2D eigenvalue weighted by Crippen LogP contribution is -2.54. The Morgan fingerprint density at radius 3 is 2.55 bits per heavy atom. The Balaban J connectivity index is 1.70. The Labute approximate surface area is 202 Å². The Morgan fingerprint density at radius 2 is 1.91 bits per heavy atom. The maximum atomic E-state index is 13.8. The van der Waals surface area contributed by atoms with Gasteiger partial charge in [0, 0.05) is 30.7 Å². The molecule has 3 heterocycles. The van der Waals surface area contributed by atoms with Crippen molar-refractivity contribution in [1.82, 2.24) is 10.2 Å². The first-order valence-corrected chi connectivity index (χ1v) is 12.5. The highest BCUT2D eigenvalue weighted by Gasteiger charge is 2.76. The van der Waals surface area contributed by atoms with E-state index in [0.717, 1.165) is 23.2 Å². The maximum absolute atomic E-state index is 13.8. The number of para-hydroxylation sites is 1. The van der Waals surface area contributed by atoms with E-state index in [2.05, 4.69) is 26.6 Å². The van der Waals surface area contributed by atoms with E-state index in [4.69, 9.17) is 9.84 Å². The summed E-state index contributed by atoms with van der Waals surface area (Å²) in [6.45, 7) is 4.34. The Kier molecular flexibility index (Phi) is 6.85. The zero-order chi connectivity index (χ0) is 23.9. The number of unbranched alkanes of at least 4 members (excludes halogenated alkanes) is 2. The molecule has 3 unspecified atom stereocenters. The standard InChI is InChI=1S/C24H32BrN3O5/c1-13-8-7-9-14(2)18(13)27-22(31)20-24-12-15(25)19(33-24)16(21(30)26-3)17(24)23(32)28(20)10-5-4-6-11-29/h7-9,15-17,19-20,29H,4-6,10-12H2,1-3H3,(H,26,30)(H,27,31)/t15?,16-,17-,19-,20?,24?/m0/s1. The van der Waals surface area contributed by atoms with Crippen molar-refractivity contribution in [1.29, 1.82) is 0 Å². The second-order valence-corrected chi connectivity index (χ2v) is 10.5. The fourth-order valence-corrected chi connectivity index (χ4v) is 6.85. The summed E-state index contributed by atoms with van der Waals surface area (Å²) in [4.78, 5) is 41.8. The largest absolute Gasteiger partial charge is 0.396 e. The van der Waals surface area contributed by atoms with Crippen molar-refractivity contribution < 1.29 is 24.2 Å². The van der Waals surface area contributed by atoms with Crippen LogP contribution in [0.15, 0.2) is 18.2 Å². The molecule has 3 aliphatic heterocycles. The van der Waals surface area contributed by atoms with Crippen LogP contribution >= 0.6 is 15.9 Å².